The largest absolute Gasteiger partial charge is 0.294 e. The summed E-state index contributed by atoms with van der Waals surface area (Å²) in [6.45, 7) is 4.25. The monoisotopic (exact) mass is 218 g/mol. The third kappa shape index (κ3) is 4.61. The van der Waals surface area contributed by atoms with Gasteiger partial charge in [0.05, 0.1) is 0 Å². The second-order valence-electron chi connectivity index (χ2n) is 4.45. The zero-order valence-electron chi connectivity index (χ0n) is 10.5. The molecule has 0 radical (unpaired) electrons. The van der Waals surface area contributed by atoms with Gasteiger partial charge in [0.2, 0.25) is 0 Å². The lowest BCUT2D eigenvalue weighted by Crippen LogP contribution is -1.98. The van der Waals surface area contributed by atoms with E-state index in [0.717, 1.165) is 12.0 Å². The average Bonchev–Trinajstić information content (AvgIpc) is 2.29. The SMILES string of the molecule is CCCCCCCC(=O)c1ccc(C)cc1. The maximum atomic E-state index is 11.8. The molecule has 1 heteroatoms. The van der Waals surface area contributed by atoms with Gasteiger partial charge in [-0.3, -0.25) is 4.79 Å². The van der Waals surface area contributed by atoms with Crippen molar-refractivity contribution in [2.24, 2.45) is 0 Å². The molecule has 0 N–H and O–H groups in total. The van der Waals surface area contributed by atoms with Gasteiger partial charge in [0.25, 0.3) is 0 Å². The molecule has 1 rings (SSSR count). The minimum Gasteiger partial charge on any atom is -0.294 e. The zero-order chi connectivity index (χ0) is 11.8. The number of ketones is 1. The number of benzene rings is 1. The molecule has 0 aromatic heterocycles. The van der Waals surface area contributed by atoms with Crippen LogP contribution in [0.4, 0.5) is 0 Å². The van der Waals surface area contributed by atoms with Crippen molar-refractivity contribution < 1.29 is 4.79 Å². The lowest BCUT2D eigenvalue weighted by molar-refractivity contribution is 0.0979. The number of rotatable bonds is 7. The van der Waals surface area contributed by atoms with Gasteiger partial charge in [-0.25, -0.2) is 0 Å². The molecule has 1 aromatic rings. The van der Waals surface area contributed by atoms with Crippen LogP contribution in [-0.2, 0) is 0 Å². The fraction of sp³-hybridized carbons (Fsp3) is 0.533. The molecule has 1 aromatic carbocycles. The number of carbonyl (C=O) groups excluding carboxylic acids is 1. The number of Topliss-reactive ketones (excluding diaryl/α,β-unsaturated/α-hetero) is 1. The normalized spacial score (nSPS) is 10.4. The van der Waals surface area contributed by atoms with E-state index in [2.05, 4.69) is 6.92 Å². The summed E-state index contributed by atoms with van der Waals surface area (Å²) in [5.41, 5.74) is 2.07. The lowest BCUT2D eigenvalue weighted by atomic mass is 10.0. The molecule has 0 spiro atoms. The first kappa shape index (κ1) is 13.0. The Morgan fingerprint density at radius 2 is 1.62 bits per heavy atom. The molecule has 88 valence electrons. The minimum atomic E-state index is 0.288. The van der Waals surface area contributed by atoms with E-state index in [0.29, 0.717) is 6.42 Å². The molecule has 0 atom stereocenters. The van der Waals surface area contributed by atoms with Crippen molar-refractivity contribution in [2.75, 3.05) is 0 Å². The van der Waals surface area contributed by atoms with E-state index >= 15 is 0 Å². The van der Waals surface area contributed by atoms with Crippen LogP contribution in [0.5, 0.6) is 0 Å². The first-order valence-corrected chi connectivity index (χ1v) is 6.34. The van der Waals surface area contributed by atoms with Crippen molar-refractivity contribution in [3.8, 4) is 0 Å². The standard InChI is InChI=1S/C15H22O/c1-3-4-5-6-7-8-15(16)14-11-9-13(2)10-12-14/h9-12H,3-8H2,1-2H3. The minimum absolute atomic E-state index is 0.288. The Hall–Kier alpha value is -1.11. The van der Waals surface area contributed by atoms with Crippen LogP contribution in [0.15, 0.2) is 24.3 Å². The van der Waals surface area contributed by atoms with Crippen LogP contribution in [0.2, 0.25) is 0 Å². The van der Waals surface area contributed by atoms with Crippen LogP contribution in [-0.4, -0.2) is 5.78 Å². The van der Waals surface area contributed by atoms with Crippen molar-refractivity contribution in [1.29, 1.82) is 0 Å². The van der Waals surface area contributed by atoms with Gasteiger partial charge in [-0.15, -0.1) is 0 Å². The molecular weight excluding hydrogens is 196 g/mol. The van der Waals surface area contributed by atoms with Crippen molar-refractivity contribution in [1.82, 2.24) is 0 Å². The second kappa shape index (κ2) is 7.21. The highest BCUT2D eigenvalue weighted by molar-refractivity contribution is 5.96. The van der Waals surface area contributed by atoms with E-state index in [-0.39, 0.29) is 5.78 Å². The summed E-state index contributed by atoms with van der Waals surface area (Å²) in [6.07, 6.45) is 6.73. The van der Waals surface area contributed by atoms with Crippen LogP contribution in [0, 0.1) is 6.92 Å². The second-order valence-corrected chi connectivity index (χ2v) is 4.45. The fourth-order valence-corrected chi connectivity index (χ4v) is 1.77. The summed E-state index contributed by atoms with van der Waals surface area (Å²) in [5.74, 6) is 0.288. The molecule has 16 heavy (non-hydrogen) atoms. The highest BCUT2D eigenvalue weighted by Crippen LogP contribution is 2.10. The van der Waals surface area contributed by atoms with Crippen LogP contribution in [0.25, 0.3) is 0 Å². The van der Waals surface area contributed by atoms with Gasteiger partial charge in [-0.05, 0) is 13.3 Å². The maximum absolute atomic E-state index is 11.8. The van der Waals surface area contributed by atoms with E-state index in [1.54, 1.807) is 0 Å². The molecule has 1 nitrogen and oxygen atoms in total. The predicted molar refractivity (Wildman–Crippen MR) is 68.9 cm³/mol. The van der Waals surface area contributed by atoms with Crippen LogP contribution >= 0.6 is 0 Å². The highest BCUT2D eigenvalue weighted by Gasteiger charge is 2.04. The molecule has 0 heterocycles. The number of aryl methyl sites for hydroxylation is 1. The summed E-state index contributed by atoms with van der Waals surface area (Å²) in [4.78, 5) is 11.8. The van der Waals surface area contributed by atoms with E-state index < -0.39 is 0 Å². The molecule has 0 amide bonds. The Morgan fingerprint density at radius 3 is 2.25 bits per heavy atom. The third-order valence-corrected chi connectivity index (χ3v) is 2.88. The van der Waals surface area contributed by atoms with Crippen LogP contribution < -0.4 is 0 Å². The molecule has 0 aliphatic heterocycles. The summed E-state index contributed by atoms with van der Waals surface area (Å²) < 4.78 is 0. The van der Waals surface area contributed by atoms with Gasteiger partial charge < -0.3 is 0 Å². The molecule has 0 bridgehead atoms. The summed E-state index contributed by atoms with van der Waals surface area (Å²) in [6, 6.07) is 7.88. The molecule has 0 aliphatic rings. The number of hydrogen-bond donors (Lipinski definition) is 0. The van der Waals surface area contributed by atoms with Crippen molar-refractivity contribution >= 4 is 5.78 Å². The van der Waals surface area contributed by atoms with Gasteiger partial charge in [0.1, 0.15) is 0 Å². The molecule has 0 saturated carbocycles. The van der Waals surface area contributed by atoms with Crippen LogP contribution in [0.1, 0.15) is 61.4 Å². The van der Waals surface area contributed by atoms with Gasteiger partial charge in [-0.2, -0.15) is 0 Å². The smallest absolute Gasteiger partial charge is 0.162 e. The Morgan fingerprint density at radius 1 is 1.00 bits per heavy atom. The number of hydrogen-bond acceptors (Lipinski definition) is 1. The molecular formula is C15H22O. The van der Waals surface area contributed by atoms with Gasteiger partial charge in [0, 0.05) is 12.0 Å². The first-order valence-electron chi connectivity index (χ1n) is 6.34. The maximum Gasteiger partial charge on any atom is 0.162 e. The van der Waals surface area contributed by atoms with E-state index in [1.807, 2.05) is 31.2 Å². The average molecular weight is 218 g/mol. The van der Waals surface area contributed by atoms with Gasteiger partial charge in [0.15, 0.2) is 5.78 Å². The van der Waals surface area contributed by atoms with Gasteiger partial charge in [-0.1, -0.05) is 62.4 Å². The van der Waals surface area contributed by atoms with Crippen molar-refractivity contribution in [3.63, 3.8) is 0 Å². The summed E-state index contributed by atoms with van der Waals surface area (Å²) in [7, 11) is 0. The predicted octanol–water partition coefficient (Wildman–Crippen LogP) is 4.54. The molecule has 0 fully saturated rings. The Kier molecular flexibility index (Phi) is 5.84. The number of carbonyl (C=O) groups is 1. The Bertz CT molecular complexity index is 311. The Labute approximate surface area is 98.9 Å². The molecule has 0 saturated heterocycles. The molecule has 0 unspecified atom stereocenters. The van der Waals surface area contributed by atoms with E-state index in [9.17, 15) is 4.79 Å². The topological polar surface area (TPSA) is 17.1 Å². The highest BCUT2D eigenvalue weighted by atomic mass is 16.1. The Balaban J connectivity index is 2.27. The van der Waals surface area contributed by atoms with E-state index in [1.165, 1.54) is 31.2 Å². The van der Waals surface area contributed by atoms with Crippen molar-refractivity contribution in [2.45, 2.75) is 52.4 Å². The molecule has 0 aliphatic carbocycles. The third-order valence-electron chi connectivity index (χ3n) is 2.88. The fourth-order valence-electron chi connectivity index (χ4n) is 1.77. The quantitative estimate of drug-likeness (QED) is 0.485. The lowest BCUT2D eigenvalue weighted by Gasteiger charge is -2.01. The first-order chi connectivity index (χ1) is 7.74. The zero-order valence-corrected chi connectivity index (χ0v) is 10.5. The summed E-state index contributed by atoms with van der Waals surface area (Å²) in [5, 5.41) is 0. The van der Waals surface area contributed by atoms with Gasteiger partial charge >= 0.3 is 0 Å². The van der Waals surface area contributed by atoms with Crippen molar-refractivity contribution in [3.05, 3.63) is 35.4 Å². The van der Waals surface area contributed by atoms with Crippen LogP contribution in [0.3, 0.4) is 0 Å². The van der Waals surface area contributed by atoms with E-state index in [4.69, 9.17) is 0 Å². The summed E-state index contributed by atoms with van der Waals surface area (Å²) >= 11 is 0. The number of unbranched alkanes of at least 4 members (excludes halogenated alkanes) is 4.